The first-order chi connectivity index (χ1) is 7.74. The summed E-state index contributed by atoms with van der Waals surface area (Å²) in [5.41, 5.74) is 1.15. The number of hydrogen-bond donors (Lipinski definition) is 2. The Morgan fingerprint density at radius 1 is 1.62 bits per heavy atom. The van der Waals surface area contributed by atoms with Crippen molar-refractivity contribution in [2.75, 3.05) is 6.61 Å². The second-order valence-corrected chi connectivity index (χ2v) is 4.73. The molecule has 1 fully saturated rings. The van der Waals surface area contributed by atoms with Crippen molar-refractivity contribution in [3.8, 4) is 0 Å². The maximum Gasteiger partial charge on any atom is 0.108 e. The number of nitrogens with one attached hydrogen (secondary N) is 2. The Balaban J connectivity index is 1.81. The minimum Gasteiger partial charge on any atom is -0.378 e. The van der Waals surface area contributed by atoms with Gasteiger partial charge in [-0.1, -0.05) is 13.8 Å². The largest absolute Gasteiger partial charge is 0.378 e. The lowest BCUT2D eigenvalue weighted by Crippen LogP contribution is -2.22. The molecule has 1 unspecified atom stereocenters. The van der Waals surface area contributed by atoms with E-state index >= 15 is 0 Å². The van der Waals surface area contributed by atoms with E-state index in [1.165, 1.54) is 12.8 Å². The van der Waals surface area contributed by atoms with Crippen LogP contribution in [-0.2, 0) is 17.7 Å². The lowest BCUT2D eigenvalue weighted by molar-refractivity contribution is 0.110. The number of aromatic amines is 1. The summed E-state index contributed by atoms with van der Waals surface area (Å²) in [5, 5.41) is 3.37. The fraction of sp³-hybridized carbons (Fsp3) is 0.750. The van der Waals surface area contributed by atoms with E-state index in [4.69, 9.17) is 4.74 Å². The highest BCUT2D eigenvalue weighted by Crippen LogP contribution is 2.15. The van der Waals surface area contributed by atoms with Crippen molar-refractivity contribution < 1.29 is 4.74 Å². The Kier molecular flexibility index (Phi) is 3.96. The molecule has 1 aliphatic rings. The zero-order chi connectivity index (χ0) is 11.4. The Hall–Kier alpha value is -0.870. The van der Waals surface area contributed by atoms with Crippen LogP contribution in [0.3, 0.4) is 0 Å². The highest BCUT2D eigenvalue weighted by atomic mass is 16.5. The summed E-state index contributed by atoms with van der Waals surface area (Å²) in [5.74, 6) is 1.05. The fourth-order valence-electron chi connectivity index (χ4n) is 1.93. The smallest absolute Gasteiger partial charge is 0.108 e. The molecule has 1 aromatic rings. The first-order valence-electron chi connectivity index (χ1n) is 6.12. The Bertz CT molecular complexity index is 316. The average Bonchev–Trinajstić information content (AvgIpc) is 2.87. The molecule has 90 valence electrons. The number of rotatable bonds is 5. The molecular weight excluding hydrogens is 202 g/mol. The van der Waals surface area contributed by atoms with Gasteiger partial charge in [0.15, 0.2) is 0 Å². The number of imidazole rings is 1. The summed E-state index contributed by atoms with van der Waals surface area (Å²) >= 11 is 0. The zero-order valence-electron chi connectivity index (χ0n) is 10.1. The first-order valence-corrected chi connectivity index (χ1v) is 6.12. The van der Waals surface area contributed by atoms with Crippen LogP contribution in [0.4, 0.5) is 0 Å². The molecule has 1 aromatic heterocycles. The van der Waals surface area contributed by atoms with Crippen LogP contribution in [0.15, 0.2) is 6.20 Å². The van der Waals surface area contributed by atoms with E-state index in [-0.39, 0.29) is 0 Å². The maximum atomic E-state index is 5.59. The molecule has 0 spiro atoms. The normalized spacial score (nSPS) is 20.8. The van der Waals surface area contributed by atoms with E-state index in [1.807, 2.05) is 6.20 Å². The van der Waals surface area contributed by atoms with E-state index in [0.717, 1.165) is 31.1 Å². The van der Waals surface area contributed by atoms with Gasteiger partial charge in [0, 0.05) is 37.5 Å². The van der Waals surface area contributed by atoms with Crippen LogP contribution < -0.4 is 5.32 Å². The lowest BCUT2D eigenvalue weighted by Gasteiger charge is -2.07. The number of nitrogens with zero attached hydrogens (tertiary/aromatic N) is 1. The minimum atomic E-state index is 0.372. The highest BCUT2D eigenvalue weighted by molar-refractivity contribution is 5.02. The highest BCUT2D eigenvalue weighted by Gasteiger charge is 2.17. The van der Waals surface area contributed by atoms with Crippen LogP contribution in [0.1, 0.15) is 38.2 Å². The molecule has 0 aliphatic carbocycles. The van der Waals surface area contributed by atoms with Crippen LogP contribution >= 0.6 is 0 Å². The number of aromatic nitrogens is 2. The van der Waals surface area contributed by atoms with Crippen molar-refractivity contribution in [3.05, 3.63) is 17.7 Å². The second-order valence-electron chi connectivity index (χ2n) is 4.73. The standard InChI is InChI=1S/C12H21N3O/c1-9(2)13-7-10-8-14-12(15-10)6-11-4-3-5-16-11/h8-9,11,13H,3-7H2,1-2H3,(H,14,15). The molecular formula is C12H21N3O. The number of hydrogen-bond acceptors (Lipinski definition) is 3. The molecule has 2 rings (SSSR count). The van der Waals surface area contributed by atoms with Gasteiger partial charge in [0.25, 0.3) is 0 Å². The number of H-pyrrole nitrogens is 1. The molecule has 1 aliphatic heterocycles. The van der Waals surface area contributed by atoms with E-state index < -0.39 is 0 Å². The Morgan fingerprint density at radius 3 is 3.19 bits per heavy atom. The summed E-state index contributed by atoms with van der Waals surface area (Å²) in [6.45, 7) is 6.05. The van der Waals surface area contributed by atoms with Crippen molar-refractivity contribution in [2.45, 2.75) is 51.8 Å². The Labute approximate surface area is 96.8 Å². The quantitative estimate of drug-likeness (QED) is 0.797. The monoisotopic (exact) mass is 223 g/mol. The summed E-state index contributed by atoms with van der Waals surface area (Å²) in [7, 11) is 0. The molecule has 0 bridgehead atoms. The molecule has 0 saturated carbocycles. The molecule has 0 radical (unpaired) electrons. The Morgan fingerprint density at radius 2 is 2.50 bits per heavy atom. The van der Waals surface area contributed by atoms with Crippen LogP contribution in [0.25, 0.3) is 0 Å². The van der Waals surface area contributed by atoms with Gasteiger partial charge >= 0.3 is 0 Å². The van der Waals surface area contributed by atoms with Gasteiger partial charge in [0.05, 0.1) is 6.10 Å². The molecule has 0 aromatic carbocycles. The van der Waals surface area contributed by atoms with E-state index in [9.17, 15) is 0 Å². The van der Waals surface area contributed by atoms with Gasteiger partial charge in [-0.15, -0.1) is 0 Å². The number of ether oxygens (including phenoxy) is 1. The van der Waals surface area contributed by atoms with Gasteiger partial charge in [0.1, 0.15) is 5.82 Å². The van der Waals surface area contributed by atoms with Gasteiger partial charge in [-0.05, 0) is 12.8 Å². The van der Waals surface area contributed by atoms with E-state index in [2.05, 4.69) is 29.1 Å². The van der Waals surface area contributed by atoms with Crippen molar-refractivity contribution in [1.82, 2.24) is 15.3 Å². The van der Waals surface area contributed by atoms with E-state index in [1.54, 1.807) is 0 Å². The molecule has 1 atom stereocenters. The molecule has 1 saturated heterocycles. The van der Waals surface area contributed by atoms with Crippen molar-refractivity contribution in [2.24, 2.45) is 0 Å². The SMILES string of the molecule is CC(C)NCc1cnc(CC2CCCO2)[nH]1. The van der Waals surface area contributed by atoms with Gasteiger partial charge in [-0.2, -0.15) is 0 Å². The molecule has 2 heterocycles. The summed E-state index contributed by atoms with van der Waals surface area (Å²) in [4.78, 5) is 7.72. The molecule has 0 amide bonds. The summed E-state index contributed by atoms with van der Waals surface area (Å²) in [6.07, 6.45) is 5.56. The van der Waals surface area contributed by atoms with Crippen LogP contribution in [0.2, 0.25) is 0 Å². The van der Waals surface area contributed by atoms with Crippen LogP contribution in [0, 0.1) is 0 Å². The first kappa shape index (κ1) is 11.6. The fourth-order valence-corrected chi connectivity index (χ4v) is 1.93. The topological polar surface area (TPSA) is 49.9 Å². The maximum absolute atomic E-state index is 5.59. The van der Waals surface area contributed by atoms with E-state index in [0.29, 0.717) is 12.1 Å². The van der Waals surface area contributed by atoms with Gasteiger partial charge < -0.3 is 15.0 Å². The third-order valence-corrected chi connectivity index (χ3v) is 2.83. The molecule has 4 nitrogen and oxygen atoms in total. The molecule has 4 heteroatoms. The third-order valence-electron chi connectivity index (χ3n) is 2.83. The van der Waals surface area contributed by atoms with Gasteiger partial charge in [0.2, 0.25) is 0 Å². The molecule has 2 N–H and O–H groups in total. The minimum absolute atomic E-state index is 0.372. The van der Waals surface area contributed by atoms with Crippen LogP contribution in [-0.4, -0.2) is 28.7 Å². The third kappa shape index (κ3) is 3.32. The van der Waals surface area contributed by atoms with Crippen LogP contribution in [0.5, 0.6) is 0 Å². The second kappa shape index (κ2) is 5.46. The zero-order valence-corrected chi connectivity index (χ0v) is 10.1. The van der Waals surface area contributed by atoms with Gasteiger partial charge in [-0.3, -0.25) is 0 Å². The predicted octanol–water partition coefficient (Wildman–Crippen LogP) is 1.63. The summed E-state index contributed by atoms with van der Waals surface area (Å²) in [6, 6.07) is 0.505. The predicted molar refractivity (Wildman–Crippen MR) is 63.2 cm³/mol. The van der Waals surface area contributed by atoms with Gasteiger partial charge in [-0.25, -0.2) is 4.98 Å². The average molecular weight is 223 g/mol. The van der Waals surface area contributed by atoms with Crippen molar-refractivity contribution in [1.29, 1.82) is 0 Å². The summed E-state index contributed by atoms with van der Waals surface area (Å²) < 4.78 is 5.59. The van der Waals surface area contributed by atoms with Crippen molar-refractivity contribution >= 4 is 0 Å². The van der Waals surface area contributed by atoms with Crippen molar-refractivity contribution in [3.63, 3.8) is 0 Å². The molecule has 16 heavy (non-hydrogen) atoms. The lowest BCUT2D eigenvalue weighted by atomic mass is 10.2.